The molecule has 0 heterocycles. The summed E-state index contributed by atoms with van der Waals surface area (Å²) >= 11 is 0. The molecule has 0 atom stereocenters. The Morgan fingerprint density at radius 1 is 1.09 bits per heavy atom. The third kappa shape index (κ3) is 9.08. The van der Waals surface area contributed by atoms with Gasteiger partial charge in [0.15, 0.2) is 0 Å². The Morgan fingerprint density at radius 3 is 2.30 bits per heavy atom. The molecule has 1 N–H and O–H groups in total. The first-order valence-corrected chi connectivity index (χ1v) is 8.05. The molecule has 0 aromatic heterocycles. The summed E-state index contributed by atoms with van der Waals surface area (Å²) in [5, 5.41) is 2.64. The quantitative estimate of drug-likeness (QED) is 0.741. The number of ether oxygens (including phenoxy) is 3. The fourth-order valence-corrected chi connectivity index (χ4v) is 1.81. The fourth-order valence-electron chi connectivity index (χ4n) is 1.81. The Labute approximate surface area is 139 Å². The second-order valence-corrected chi connectivity index (χ2v) is 6.61. The van der Waals surface area contributed by atoms with Crippen molar-refractivity contribution in [1.82, 2.24) is 5.32 Å². The second kappa shape index (κ2) is 9.40. The van der Waals surface area contributed by atoms with Crippen molar-refractivity contribution in [3.8, 4) is 5.75 Å². The number of carbonyl (C=O) groups excluding carboxylic acids is 1. The maximum Gasteiger partial charge on any atom is 0.407 e. The molecule has 0 aliphatic heterocycles. The zero-order chi connectivity index (χ0) is 17.3. The van der Waals surface area contributed by atoms with Crippen LogP contribution in [0.15, 0.2) is 24.3 Å². The van der Waals surface area contributed by atoms with Gasteiger partial charge in [-0.25, -0.2) is 4.79 Å². The number of alkyl carbamates (subject to hydrolysis) is 1. The fraction of sp³-hybridized carbons (Fsp3) is 0.611. The molecule has 0 bridgehead atoms. The van der Waals surface area contributed by atoms with Gasteiger partial charge < -0.3 is 19.5 Å². The Morgan fingerprint density at radius 2 is 1.74 bits per heavy atom. The van der Waals surface area contributed by atoms with E-state index < -0.39 is 11.7 Å². The van der Waals surface area contributed by atoms with Gasteiger partial charge in [0, 0.05) is 6.54 Å². The molecular weight excluding hydrogens is 294 g/mol. The minimum absolute atomic E-state index is 0.415. The summed E-state index contributed by atoms with van der Waals surface area (Å²) in [7, 11) is 0. The highest BCUT2D eigenvalue weighted by Crippen LogP contribution is 2.18. The van der Waals surface area contributed by atoms with Crippen LogP contribution in [0, 0.1) is 0 Å². The van der Waals surface area contributed by atoms with Crippen molar-refractivity contribution in [1.29, 1.82) is 0 Å². The van der Waals surface area contributed by atoms with Gasteiger partial charge in [-0.05, 0) is 44.4 Å². The lowest BCUT2D eigenvalue weighted by Crippen LogP contribution is -2.34. The molecule has 0 saturated carbocycles. The molecule has 1 aromatic rings. The summed E-state index contributed by atoms with van der Waals surface area (Å²) < 4.78 is 16.1. The Balaban J connectivity index is 2.06. The highest BCUT2D eigenvalue weighted by atomic mass is 16.6. The minimum atomic E-state index is -0.482. The third-order valence-corrected chi connectivity index (χ3v) is 2.96. The van der Waals surface area contributed by atoms with Gasteiger partial charge in [0.05, 0.1) is 13.2 Å². The summed E-state index contributed by atoms with van der Waals surface area (Å²) in [6.45, 7) is 11.6. The number of carbonyl (C=O) groups is 1. The average molecular weight is 323 g/mol. The van der Waals surface area contributed by atoms with Gasteiger partial charge in [-0.15, -0.1) is 0 Å². The minimum Gasteiger partial charge on any atom is -0.491 e. The first kappa shape index (κ1) is 19.3. The standard InChI is InChI=1S/C18H29NO4/c1-14(2)15-6-8-16(9-7-15)22-13-12-21-11-10-19-17(20)23-18(3,4)5/h6-9,14H,10-13H2,1-5H3,(H,19,20). The number of nitrogens with one attached hydrogen (secondary N) is 1. The maximum atomic E-state index is 11.4. The van der Waals surface area contributed by atoms with Crippen molar-refractivity contribution in [2.24, 2.45) is 0 Å². The van der Waals surface area contributed by atoms with E-state index in [4.69, 9.17) is 14.2 Å². The van der Waals surface area contributed by atoms with Crippen molar-refractivity contribution in [3.05, 3.63) is 29.8 Å². The molecular formula is C18H29NO4. The van der Waals surface area contributed by atoms with E-state index in [2.05, 4.69) is 31.3 Å². The molecule has 23 heavy (non-hydrogen) atoms. The van der Waals surface area contributed by atoms with Gasteiger partial charge in [-0.1, -0.05) is 26.0 Å². The van der Waals surface area contributed by atoms with Crippen molar-refractivity contribution in [2.75, 3.05) is 26.4 Å². The first-order valence-electron chi connectivity index (χ1n) is 8.05. The largest absolute Gasteiger partial charge is 0.491 e. The van der Waals surface area contributed by atoms with Gasteiger partial charge in [0.2, 0.25) is 0 Å². The molecule has 1 amide bonds. The van der Waals surface area contributed by atoms with E-state index in [1.807, 2.05) is 32.9 Å². The van der Waals surface area contributed by atoms with E-state index in [-0.39, 0.29) is 0 Å². The number of hydrogen-bond donors (Lipinski definition) is 1. The van der Waals surface area contributed by atoms with E-state index in [0.717, 1.165) is 5.75 Å². The van der Waals surface area contributed by atoms with Gasteiger partial charge in [0.1, 0.15) is 18.0 Å². The van der Waals surface area contributed by atoms with E-state index in [9.17, 15) is 4.79 Å². The SMILES string of the molecule is CC(C)c1ccc(OCCOCCNC(=O)OC(C)(C)C)cc1. The predicted molar refractivity (Wildman–Crippen MR) is 91.1 cm³/mol. The zero-order valence-electron chi connectivity index (χ0n) is 14.8. The van der Waals surface area contributed by atoms with Crippen LogP contribution < -0.4 is 10.1 Å². The second-order valence-electron chi connectivity index (χ2n) is 6.61. The lowest BCUT2D eigenvalue weighted by atomic mass is 10.0. The van der Waals surface area contributed by atoms with Crippen LogP contribution in [0.5, 0.6) is 5.75 Å². The number of rotatable bonds is 8. The van der Waals surface area contributed by atoms with Gasteiger partial charge in [-0.2, -0.15) is 0 Å². The van der Waals surface area contributed by atoms with E-state index in [1.165, 1.54) is 5.56 Å². The summed E-state index contributed by atoms with van der Waals surface area (Å²) in [4.78, 5) is 11.4. The van der Waals surface area contributed by atoms with E-state index in [0.29, 0.717) is 32.3 Å². The Kier molecular flexibility index (Phi) is 7.89. The van der Waals surface area contributed by atoms with Crippen LogP contribution in [0.4, 0.5) is 4.79 Å². The number of hydrogen-bond acceptors (Lipinski definition) is 4. The Bertz CT molecular complexity index is 463. The molecule has 1 aromatic carbocycles. The molecule has 0 aliphatic carbocycles. The van der Waals surface area contributed by atoms with Crippen LogP contribution in [-0.2, 0) is 9.47 Å². The molecule has 0 spiro atoms. The number of benzene rings is 1. The van der Waals surface area contributed by atoms with Crippen LogP contribution in [0.25, 0.3) is 0 Å². The molecule has 5 heteroatoms. The molecule has 1 rings (SSSR count). The smallest absolute Gasteiger partial charge is 0.407 e. The monoisotopic (exact) mass is 323 g/mol. The summed E-state index contributed by atoms with van der Waals surface area (Å²) in [5.41, 5.74) is 0.811. The van der Waals surface area contributed by atoms with Crippen molar-refractivity contribution in [3.63, 3.8) is 0 Å². The average Bonchev–Trinajstić information content (AvgIpc) is 2.45. The maximum absolute atomic E-state index is 11.4. The van der Waals surface area contributed by atoms with E-state index in [1.54, 1.807) is 0 Å². The molecule has 0 fully saturated rings. The highest BCUT2D eigenvalue weighted by Gasteiger charge is 2.15. The predicted octanol–water partition coefficient (Wildman–Crippen LogP) is 3.73. The van der Waals surface area contributed by atoms with Gasteiger partial charge >= 0.3 is 6.09 Å². The molecule has 5 nitrogen and oxygen atoms in total. The van der Waals surface area contributed by atoms with Crippen molar-refractivity contribution < 1.29 is 19.0 Å². The number of amides is 1. The highest BCUT2D eigenvalue weighted by molar-refractivity contribution is 5.67. The van der Waals surface area contributed by atoms with Crippen molar-refractivity contribution >= 4 is 6.09 Å². The van der Waals surface area contributed by atoms with Gasteiger partial charge in [-0.3, -0.25) is 0 Å². The van der Waals surface area contributed by atoms with Crippen LogP contribution in [-0.4, -0.2) is 38.1 Å². The van der Waals surface area contributed by atoms with Crippen molar-refractivity contribution in [2.45, 2.75) is 46.1 Å². The van der Waals surface area contributed by atoms with Crippen LogP contribution >= 0.6 is 0 Å². The molecule has 0 aliphatic rings. The molecule has 0 saturated heterocycles. The topological polar surface area (TPSA) is 56.8 Å². The normalized spacial score (nSPS) is 11.4. The molecule has 130 valence electrons. The van der Waals surface area contributed by atoms with Crippen LogP contribution in [0.3, 0.4) is 0 Å². The Hall–Kier alpha value is -1.75. The van der Waals surface area contributed by atoms with Crippen LogP contribution in [0.2, 0.25) is 0 Å². The summed E-state index contributed by atoms with van der Waals surface area (Å²) in [5.74, 6) is 1.36. The van der Waals surface area contributed by atoms with E-state index >= 15 is 0 Å². The molecule has 0 radical (unpaired) electrons. The summed E-state index contributed by atoms with van der Waals surface area (Å²) in [6, 6.07) is 8.09. The molecule has 0 unspecified atom stereocenters. The lowest BCUT2D eigenvalue weighted by molar-refractivity contribution is 0.0489. The first-order chi connectivity index (χ1) is 10.8. The van der Waals surface area contributed by atoms with Crippen LogP contribution in [0.1, 0.15) is 46.1 Å². The lowest BCUT2D eigenvalue weighted by Gasteiger charge is -2.19. The zero-order valence-corrected chi connectivity index (χ0v) is 14.8. The van der Waals surface area contributed by atoms with Gasteiger partial charge in [0.25, 0.3) is 0 Å². The summed E-state index contributed by atoms with van der Waals surface area (Å²) in [6.07, 6.45) is -0.428. The third-order valence-electron chi connectivity index (χ3n) is 2.96.